The van der Waals surface area contributed by atoms with Crippen molar-refractivity contribution in [2.24, 2.45) is 0 Å². The molecule has 0 bridgehead atoms. The number of hydrogen-bond donors (Lipinski definition) is 1. The molecule has 15 heavy (non-hydrogen) atoms. The molecule has 1 aromatic carbocycles. The van der Waals surface area contributed by atoms with Crippen molar-refractivity contribution >= 4 is 11.6 Å². The Kier molecular flexibility index (Phi) is 3.17. The van der Waals surface area contributed by atoms with E-state index in [0.29, 0.717) is 10.8 Å². The van der Waals surface area contributed by atoms with Crippen molar-refractivity contribution in [2.75, 3.05) is 7.11 Å². The normalized spacial score (nSPS) is 25.5. The van der Waals surface area contributed by atoms with Gasteiger partial charge in [0.25, 0.3) is 0 Å². The fourth-order valence-electron chi connectivity index (χ4n) is 2.24. The van der Waals surface area contributed by atoms with Gasteiger partial charge in [-0.2, -0.15) is 0 Å². The van der Waals surface area contributed by atoms with Crippen LogP contribution in [0.25, 0.3) is 0 Å². The molecule has 1 N–H and O–H groups in total. The minimum atomic E-state index is -0.212. The van der Waals surface area contributed by atoms with Crippen LogP contribution in [-0.4, -0.2) is 18.3 Å². The molecule has 2 nitrogen and oxygen atoms in total. The van der Waals surface area contributed by atoms with Gasteiger partial charge in [0.15, 0.2) is 0 Å². The van der Waals surface area contributed by atoms with Crippen LogP contribution in [0.2, 0.25) is 5.02 Å². The summed E-state index contributed by atoms with van der Waals surface area (Å²) >= 11 is 5.95. The Labute approximate surface area is 94.8 Å². The Hall–Kier alpha value is -0.730. The zero-order chi connectivity index (χ0) is 10.8. The average molecular weight is 227 g/mol. The molecule has 1 saturated carbocycles. The summed E-state index contributed by atoms with van der Waals surface area (Å²) in [6.45, 7) is 0. The number of halogens is 1. The molecule has 2 atom stereocenters. The molecule has 1 aliphatic carbocycles. The summed E-state index contributed by atoms with van der Waals surface area (Å²) in [5, 5.41) is 10.4. The highest BCUT2D eigenvalue weighted by Crippen LogP contribution is 2.37. The minimum Gasteiger partial charge on any atom is -0.495 e. The molecule has 82 valence electrons. The van der Waals surface area contributed by atoms with Crippen molar-refractivity contribution in [1.82, 2.24) is 0 Å². The molecule has 1 fully saturated rings. The number of aliphatic hydroxyl groups is 1. The number of hydrogen-bond acceptors (Lipinski definition) is 2. The lowest BCUT2D eigenvalue weighted by atomic mass is 9.96. The van der Waals surface area contributed by atoms with E-state index in [9.17, 15) is 5.11 Å². The number of benzene rings is 1. The van der Waals surface area contributed by atoms with E-state index in [4.69, 9.17) is 16.3 Å². The van der Waals surface area contributed by atoms with Gasteiger partial charge in [-0.3, -0.25) is 0 Å². The van der Waals surface area contributed by atoms with Crippen LogP contribution in [0.3, 0.4) is 0 Å². The van der Waals surface area contributed by atoms with Gasteiger partial charge in [-0.15, -0.1) is 0 Å². The van der Waals surface area contributed by atoms with Crippen molar-refractivity contribution in [3.8, 4) is 5.75 Å². The number of aliphatic hydroxyl groups excluding tert-OH is 1. The molecule has 0 spiro atoms. The lowest BCUT2D eigenvalue weighted by molar-refractivity contribution is 0.163. The van der Waals surface area contributed by atoms with Gasteiger partial charge >= 0.3 is 0 Å². The molecule has 0 aliphatic heterocycles. The fraction of sp³-hybridized carbons (Fsp3) is 0.500. The summed E-state index contributed by atoms with van der Waals surface area (Å²) in [4.78, 5) is 0. The van der Waals surface area contributed by atoms with Gasteiger partial charge in [0.05, 0.1) is 18.2 Å². The van der Waals surface area contributed by atoms with E-state index in [2.05, 4.69) is 0 Å². The maximum Gasteiger partial charge on any atom is 0.137 e. The van der Waals surface area contributed by atoms with Crippen LogP contribution in [0.1, 0.15) is 30.7 Å². The van der Waals surface area contributed by atoms with Crippen molar-refractivity contribution in [3.05, 3.63) is 28.8 Å². The Morgan fingerprint density at radius 3 is 2.80 bits per heavy atom. The van der Waals surface area contributed by atoms with E-state index in [-0.39, 0.29) is 12.0 Å². The average Bonchev–Trinajstić information content (AvgIpc) is 2.65. The third-order valence-corrected chi connectivity index (χ3v) is 3.40. The molecule has 1 aliphatic rings. The highest BCUT2D eigenvalue weighted by Gasteiger charge is 2.27. The van der Waals surface area contributed by atoms with Crippen LogP contribution in [0.15, 0.2) is 18.2 Å². The van der Waals surface area contributed by atoms with Crippen LogP contribution in [0.5, 0.6) is 5.75 Å². The van der Waals surface area contributed by atoms with Crippen molar-refractivity contribution in [2.45, 2.75) is 31.3 Å². The summed E-state index contributed by atoms with van der Waals surface area (Å²) in [6, 6.07) is 5.74. The first-order chi connectivity index (χ1) is 7.22. The topological polar surface area (TPSA) is 29.5 Å². The lowest BCUT2D eigenvalue weighted by Crippen LogP contribution is -2.10. The predicted octanol–water partition coefficient (Wildman–Crippen LogP) is 2.98. The van der Waals surface area contributed by atoms with Gasteiger partial charge < -0.3 is 9.84 Å². The summed E-state index contributed by atoms with van der Waals surface area (Å²) in [5.41, 5.74) is 1.13. The van der Waals surface area contributed by atoms with Crippen molar-refractivity contribution in [3.63, 3.8) is 0 Å². The molecule has 0 radical (unpaired) electrons. The third-order valence-electron chi connectivity index (χ3n) is 3.08. The maximum absolute atomic E-state index is 9.80. The molecule has 2 rings (SSSR count). The number of ether oxygens (including phenoxy) is 1. The van der Waals surface area contributed by atoms with E-state index in [1.54, 1.807) is 7.11 Å². The molecule has 0 saturated heterocycles. The van der Waals surface area contributed by atoms with Gasteiger partial charge in [-0.1, -0.05) is 24.1 Å². The van der Waals surface area contributed by atoms with Gasteiger partial charge in [0.1, 0.15) is 5.75 Å². The molecule has 0 aromatic heterocycles. The van der Waals surface area contributed by atoms with E-state index in [0.717, 1.165) is 24.8 Å². The highest BCUT2D eigenvalue weighted by atomic mass is 35.5. The van der Waals surface area contributed by atoms with E-state index < -0.39 is 0 Å². The summed E-state index contributed by atoms with van der Waals surface area (Å²) in [5.74, 6) is 0.935. The Bertz CT molecular complexity index is 351. The Morgan fingerprint density at radius 2 is 2.20 bits per heavy atom. The second kappa shape index (κ2) is 4.42. The number of methoxy groups -OCH3 is 1. The molecular weight excluding hydrogens is 212 g/mol. The first-order valence-corrected chi connectivity index (χ1v) is 5.61. The van der Waals surface area contributed by atoms with Crippen LogP contribution < -0.4 is 4.74 Å². The summed E-state index contributed by atoms with van der Waals surface area (Å²) < 4.78 is 5.17. The zero-order valence-corrected chi connectivity index (χ0v) is 9.50. The monoisotopic (exact) mass is 226 g/mol. The van der Waals surface area contributed by atoms with E-state index in [1.807, 2.05) is 18.2 Å². The first-order valence-electron chi connectivity index (χ1n) is 5.24. The second-order valence-corrected chi connectivity index (χ2v) is 4.41. The Balaban J connectivity index is 2.28. The fourth-order valence-corrected chi connectivity index (χ4v) is 2.43. The molecule has 1 aromatic rings. The standard InChI is InChI=1S/C12H15ClO2/c1-15-12-7-8(5-6-10(12)13)9-3-2-4-11(9)14/h5-7,9,11,14H,2-4H2,1H3. The van der Waals surface area contributed by atoms with Crippen LogP contribution >= 0.6 is 11.6 Å². The number of rotatable bonds is 2. The quantitative estimate of drug-likeness (QED) is 0.840. The summed E-state index contributed by atoms with van der Waals surface area (Å²) in [7, 11) is 1.61. The van der Waals surface area contributed by atoms with Gasteiger partial charge in [0.2, 0.25) is 0 Å². The third kappa shape index (κ3) is 2.11. The van der Waals surface area contributed by atoms with Gasteiger partial charge in [0, 0.05) is 5.92 Å². The largest absolute Gasteiger partial charge is 0.495 e. The molecule has 3 heteroatoms. The SMILES string of the molecule is COc1cc(C2CCCC2O)ccc1Cl. The van der Waals surface area contributed by atoms with Crippen LogP contribution in [-0.2, 0) is 0 Å². The van der Waals surface area contributed by atoms with Gasteiger partial charge in [-0.05, 0) is 30.5 Å². The van der Waals surface area contributed by atoms with Crippen molar-refractivity contribution in [1.29, 1.82) is 0 Å². The first kappa shape index (κ1) is 10.8. The smallest absolute Gasteiger partial charge is 0.137 e. The van der Waals surface area contributed by atoms with Crippen molar-refractivity contribution < 1.29 is 9.84 Å². The molecule has 0 amide bonds. The maximum atomic E-state index is 9.80. The second-order valence-electron chi connectivity index (χ2n) is 4.00. The zero-order valence-electron chi connectivity index (χ0n) is 8.74. The lowest BCUT2D eigenvalue weighted by Gasteiger charge is -2.16. The highest BCUT2D eigenvalue weighted by molar-refractivity contribution is 6.32. The predicted molar refractivity (Wildman–Crippen MR) is 60.6 cm³/mol. The molecular formula is C12H15ClO2. The van der Waals surface area contributed by atoms with Crippen LogP contribution in [0, 0.1) is 0 Å². The summed E-state index contributed by atoms with van der Waals surface area (Å²) in [6.07, 6.45) is 2.83. The van der Waals surface area contributed by atoms with E-state index >= 15 is 0 Å². The Morgan fingerprint density at radius 1 is 1.40 bits per heavy atom. The van der Waals surface area contributed by atoms with Crippen LogP contribution in [0.4, 0.5) is 0 Å². The van der Waals surface area contributed by atoms with E-state index in [1.165, 1.54) is 0 Å². The molecule has 2 unspecified atom stereocenters. The molecule has 0 heterocycles. The van der Waals surface area contributed by atoms with Gasteiger partial charge in [-0.25, -0.2) is 0 Å². The minimum absolute atomic E-state index is 0.212.